The fourth-order valence-electron chi connectivity index (χ4n) is 4.92. The van der Waals surface area contributed by atoms with Crippen LogP contribution in [0, 0.1) is 0 Å². The number of para-hydroxylation sites is 1. The van der Waals surface area contributed by atoms with Gasteiger partial charge in [-0.1, -0.05) is 103 Å². The van der Waals surface area contributed by atoms with E-state index in [1.165, 1.54) is 5.56 Å². The summed E-state index contributed by atoms with van der Waals surface area (Å²) in [5.41, 5.74) is 6.18. The third kappa shape index (κ3) is 2.89. The second kappa shape index (κ2) is 7.50. The lowest BCUT2D eigenvalue weighted by Gasteiger charge is -2.08. The van der Waals surface area contributed by atoms with Crippen molar-refractivity contribution >= 4 is 32.7 Å². The number of hydrogen-bond acceptors (Lipinski definition) is 2. The number of benzene rings is 5. The van der Waals surface area contributed by atoms with E-state index >= 15 is 0 Å². The molecule has 0 saturated carbocycles. The van der Waals surface area contributed by atoms with Crippen molar-refractivity contribution in [3.8, 4) is 33.8 Å². The standard InChI is InChI=1S/C32H20O2/c1-2-10-21(11-3-1)23-12-4-5-14-26(23)32-28-16-7-6-15-27(28)31(34-32)22-18-19-25-24-13-8-9-17-29(24)33-30(25)20-22/h1-20H. The van der Waals surface area contributed by atoms with E-state index in [-0.39, 0.29) is 0 Å². The summed E-state index contributed by atoms with van der Waals surface area (Å²) in [5, 5.41) is 4.44. The third-order valence-corrected chi connectivity index (χ3v) is 6.52. The van der Waals surface area contributed by atoms with Crippen LogP contribution in [0.15, 0.2) is 130 Å². The third-order valence-electron chi connectivity index (χ3n) is 6.52. The zero-order chi connectivity index (χ0) is 22.5. The number of fused-ring (bicyclic) bond motifs is 4. The monoisotopic (exact) mass is 436 g/mol. The average Bonchev–Trinajstić information content (AvgIpc) is 3.47. The molecule has 0 amide bonds. The van der Waals surface area contributed by atoms with Crippen molar-refractivity contribution in [3.63, 3.8) is 0 Å². The zero-order valence-electron chi connectivity index (χ0n) is 18.4. The summed E-state index contributed by atoms with van der Waals surface area (Å²) in [7, 11) is 0. The highest BCUT2D eigenvalue weighted by Gasteiger charge is 2.19. The lowest BCUT2D eigenvalue weighted by molar-refractivity contribution is 0.602. The topological polar surface area (TPSA) is 26.3 Å². The SMILES string of the molecule is c1ccc(-c2ccccc2-c2oc(-c3ccc4c(c3)oc3ccccc34)c3ccccc23)cc1. The molecular formula is C32H20O2. The first kappa shape index (κ1) is 19.0. The van der Waals surface area contributed by atoms with Crippen LogP contribution in [0.2, 0.25) is 0 Å². The van der Waals surface area contributed by atoms with E-state index in [2.05, 4.69) is 97.1 Å². The van der Waals surface area contributed by atoms with Crippen LogP contribution >= 0.6 is 0 Å². The van der Waals surface area contributed by atoms with E-state index in [0.717, 1.165) is 60.9 Å². The lowest BCUT2D eigenvalue weighted by atomic mass is 9.96. The number of hydrogen-bond donors (Lipinski definition) is 0. The van der Waals surface area contributed by atoms with Gasteiger partial charge in [-0.25, -0.2) is 0 Å². The van der Waals surface area contributed by atoms with Gasteiger partial charge in [0.2, 0.25) is 0 Å². The minimum Gasteiger partial charge on any atom is -0.456 e. The van der Waals surface area contributed by atoms with Crippen LogP contribution in [-0.2, 0) is 0 Å². The molecule has 0 radical (unpaired) electrons. The van der Waals surface area contributed by atoms with Crippen LogP contribution in [0.3, 0.4) is 0 Å². The highest BCUT2D eigenvalue weighted by atomic mass is 16.3. The summed E-state index contributed by atoms with van der Waals surface area (Å²) in [6, 6.07) is 41.8. The average molecular weight is 437 g/mol. The quantitative estimate of drug-likeness (QED) is 0.276. The molecule has 0 bridgehead atoms. The Labute approximate surface area is 196 Å². The van der Waals surface area contributed by atoms with Gasteiger partial charge in [-0.3, -0.25) is 0 Å². The minimum atomic E-state index is 0.857. The largest absolute Gasteiger partial charge is 0.456 e. The van der Waals surface area contributed by atoms with Gasteiger partial charge in [0.05, 0.1) is 0 Å². The van der Waals surface area contributed by atoms with E-state index in [1.54, 1.807) is 0 Å². The molecule has 5 aromatic carbocycles. The van der Waals surface area contributed by atoms with Gasteiger partial charge < -0.3 is 8.83 Å². The smallest absolute Gasteiger partial charge is 0.143 e. The Morgan fingerprint density at radius 3 is 1.79 bits per heavy atom. The lowest BCUT2D eigenvalue weighted by Crippen LogP contribution is -1.83. The highest BCUT2D eigenvalue weighted by Crippen LogP contribution is 2.43. The molecule has 0 atom stereocenters. The van der Waals surface area contributed by atoms with Gasteiger partial charge in [0, 0.05) is 32.7 Å². The van der Waals surface area contributed by atoms with Crippen molar-refractivity contribution in [2.45, 2.75) is 0 Å². The minimum absolute atomic E-state index is 0.857. The van der Waals surface area contributed by atoms with Crippen LogP contribution in [0.5, 0.6) is 0 Å². The Hall–Kier alpha value is -4.56. The van der Waals surface area contributed by atoms with E-state index < -0.39 is 0 Å². The molecule has 160 valence electrons. The summed E-state index contributed by atoms with van der Waals surface area (Å²) in [4.78, 5) is 0. The summed E-state index contributed by atoms with van der Waals surface area (Å²) >= 11 is 0. The highest BCUT2D eigenvalue weighted by molar-refractivity contribution is 6.08. The summed E-state index contributed by atoms with van der Waals surface area (Å²) in [6.07, 6.45) is 0. The van der Waals surface area contributed by atoms with Gasteiger partial charge in [0.1, 0.15) is 22.7 Å². The Bertz CT molecular complexity index is 1800. The predicted octanol–water partition coefficient (Wildman–Crippen LogP) is 9.33. The molecule has 7 rings (SSSR count). The van der Waals surface area contributed by atoms with E-state index in [0.29, 0.717) is 0 Å². The van der Waals surface area contributed by atoms with Crippen molar-refractivity contribution in [2.24, 2.45) is 0 Å². The number of furan rings is 2. The van der Waals surface area contributed by atoms with E-state index in [4.69, 9.17) is 8.83 Å². The maximum atomic E-state index is 6.68. The van der Waals surface area contributed by atoms with Gasteiger partial charge in [0.15, 0.2) is 0 Å². The van der Waals surface area contributed by atoms with Gasteiger partial charge in [-0.05, 0) is 29.3 Å². The number of rotatable bonds is 3. The van der Waals surface area contributed by atoms with Crippen LogP contribution < -0.4 is 0 Å². The van der Waals surface area contributed by atoms with E-state index in [9.17, 15) is 0 Å². The molecule has 2 nitrogen and oxygen atoms in total. The molecule has 0 saturated heterocycles. The second-order valence-electron chi connectivity index (χ2n) is 8.53. The zero-order valence-corrected chi connectivity index (χ0v) is 18.4. The molecule has 0 fully saturated rings. The molecule has 34 heavy (non-hydrogen) atoms. The van der Waals surface area contributed by atoms with Gasteiger partial charge in [0.25, 0.3) is 0 Å². The van der Waals surface area contributed by atoms with Crippen LogP contribution in [0.25, 0.3) is 66.5 Å². The molecule has 0 aliphatic rings. The van der Waals surface area contributed by atoms with Gasteiger partial charge >= 0.3 is 0 Å². The Morgan fingerprint density at radius 1 is 0.353 bits per heavy atom. The summed E-state index contributed by atoms with van der Waals surface area (Å²) < 4.78 is 12.8. The van der Waals surface area contributed by atoms with Crippen LogP contribution in [0.4, 0.5) is 0 Å². The first-order valence-corrected chi connectivity index (χ1v) is 11.4. The predicted molar refractivity (Wildman–Crippen MR) is 140 cm³/mol. The molecule has 2 heterocycles. The van der Waals surface area contributed by atoms with Gasteiger partial charge in [-0.2, -0.15) is 0 Å². The van der Waals surface area contributed by atoms with Crippen molar-refractivity contribution < 1.29 is 8.83 Å². The molecule has 0 N–H and O–H groups in total. The molecule has 0 unspecified atom stereocenters. The van der Waals surface area contributed by atoms with E-state index in [1.807, 2.05) is 24.3 Å². The van der Waals surface area contributed by atoms with Crippen molar-refractivity contribution in [1.29, 1.82) is 0 Å². The molecule has 2 heteroatoms. The Balaban J connectivity index is 1.46. The Kier molecular flexibility index (Phi) is 4.18. The molecule has 0 aliphatic heterocycles. The molecule has 7 aromatic rings. The summed E-state index contributed by atoms with van der Waals surface area (Å²) in [5.74, 6) is 1.74. The fraction of sp³-hybridized carbons (Fsp3) is 0. The van der Waals surface area contributed by atoms with Crippen molar-refractivity contribution in [1.82, 2.24) is 0 Å². The second-order valence-corrected chi connectivity index (χ2v) is 8.53. The maximum absolute atomic E-state index is 6.68. The van der Waals surface area contributed by atoms with Crippen molar-refractivity contribution in [2.75, 3.05) is 0 Å². The van der Waals surface area contributed by atoms with Gasteiger partial charge in [-0.15, -0.1) is 0 Å². The Morgan fingerprint density at radius 2 is 0.971 bits per heavy atom. The van der Waals surface area contributed by atoms with Crippen LogP contribution in [0.1, 0.15) is 0 Å². The first-order chi connectivity index (χ1) is 16.9. The summed E-state index contributed by atoms with van der Waals surface area (Å²) in [6.45, 7) is 0. The fourth-order valence-corrected chi connectivity index (χ4v) is 4.92. The van der Waals surface area contributed by atoms with Crippen molar-refractivity contribution in [3.05, 3.63) is 121 Å². The molecule has 2 aromatic heterocycles. The van der Waals surface area contributed by atoms with Crippen LogP contribution in [-0.4, -0.2) is 0 Å². The maximum Gasteiger partial charge on any atom is 0.143 e. The first-order valence-electron chi connectivity index (χ1n) is 11.4. The molecular weight excluding hydrogens is 416 g/mol. The normalized spacial score (nSPS) is 11.5. The molecule has 0 aliphatic carbocycles. The molecule has 0 spiro atoms.